The smallest absolute Gasteiger partial charge is 0.303 e. The van der Waals surface area contributed by atoms with Crippen LogP contribution in [0.15, 0.2) is 24.3 Å². The highest BCUT2D eigenvalue weighted by Crippen LogP contribution is 2.15. The summed E-state index contributed by atoms with van der Waals surface area (Å²) in [4.78, 5) is 10.4. The molecule has 23 heavy (non-hydrogen) atoms. The molecule has 1 aromatic carbocycles. The lowest BCUT2D eigenvalue weighted by Crippen LogP contribution is -2.14. The molecule has 0 heterocycles. The molecule has 0 unspecified atom stereocenters. The van der Waals surface area contributed by atoms with Crippen molar-refractivity contribution in [2.45, 2.75) is 70.8 Å². The van der Waals surface area contributed by atoms with Gasteiger partial charge in [-0.3, -0.25) is 4.79 Å². The normalized spacial score (nSPS) is 10.8. The number of phenols is 1. The summed E-state index contributed by atoms with van der Waals surface area (Å²) in [7, 11) is 0. The number of para-hydroxylation sites is 1. The first-order valence-electron chi connectivity index (χ1n) is 8.89. The van der Waals surface area contributed by atoms with Crippen LogP contribution in [0.25, 0.3) is 0 Å². The van der Waals surface area contributed by atoms with E-state index in [2.05, 4.69) is 5.32 Å². The van der Waals surface area contributed by atoms with E-state index in [0.29, 0.717) is 12.2 Å². The summed E-state index contributed by atoms with van der Waals surface area (Å²) >= 11 is 0. The Kier molecular flexibility index (Phi) is 11.0. The van der Waals surface area contributed by atoms with Gasteiger partial charge in [0, 0.05) is 18.5 Å². The third kappa shape index (κ3) is 10.7. The number of hydrogen-bond acceptors (Lipinski definition) is 3. The zero-order valence-corrected chi connectivity index (χ0v) is 14.1. The number of phenolic OH excluding ortho intramolecular Hbond substituents is 1. The molecule has 1 rings (SSSR count). The van der Waals surface area contributed by atoms with E-state index in [1.165, 1.54) is 38.5 Å². The molecule has 0 saturated heterocycles. The standard InChI is InChI=1S/C19H31NO3/c21-18-13-10-9-12-17(18)16-20-15-11-7-5-3-1-2-4-6-8-14-19(22)23/h9-10,12-13,20-21H,1-8,11,14-16H2,(H,22,23). The number of hydrogen-bond donors (Lipinski definition) is 3. The van der Waals surface area contributed by atoms with Crippen molar-refractivity contribution in [3.8, 4) is 5.75 Å². The van der Waals surface area contributed by atoms with Crippen LogP contribution in [0.2, 0.25) is 0 Å². The average molecular weight is 321 g/mol. The minimum absolute atomic E-state index is 0.313. The summed E-state index contributed by atoms with van der Waals surface area (Å²) < 4.78 is 0. The number of carbonyl (C=O) groups is 1. The Bertz CT molecular complexity index is 434. The summed E-state index contributed by atoms with van der Waals surface area (Å²) in [5.41, 5.74) is 0.954. The number of benzene rings is 1. The Morgan fingerprint density at radius 2 is 1.43 bits per heavy atom. The quantitative estimate of drug-likeness (QED) is 0.442. The monoisotopic (exact) mass is 321 g/mol. The molecule has 0 amide bonds. The lowest BCUT2D eigenvalue weighted by Gasteiger charge is -2.06. The van der Waals surface area contributed by atoms with E-state index < -0.39 is 5.97 Å². The van der Waals surface area contributed by atoms with Crippen LogP contribution in [0.1, 0.15) is 69.8 Å². The van der Waals surface area contributed by atoms with Crippen molar-refractivity contribution < 1.29 is 15.0 Å². The molecule has 0 saturated carbocycles. The van der Waals surface area contributed by atoms with Crippen molar-refractivity contribution in [2.75, 3.05) is 6.54 Å². The van der Waals surface area contributed by atoms with E-state index >= 15 is 0 Å². The van der Waals surface area contributed by atoms with Gasteiger partial charge in [0.05, 0.1) is 0 Å². The van der Waals surface area contributed by atoms with E-state index in [4.69, 9.17) is 5.11 Å². The zero-order valence-electron chi connectivity index (χ0n) is 14.1. The average Bonchev–Trinajstić information content (AvgIpc) is 2.53. The van der Waals surface area contributed by atoms with Gasteiger partial charge >= 0.3 is 5.97 Å². The molecule has 130 valence electrons. The first kappa shape index (κ1) is 19.5. The van der Waals surface area contributed by atoms with Crippen LogP contribution in [0.4, 0.5) is 0 Å². The summed E-state index contributed by atoms with van der Waals surface area (Å²) in [5.74, 6) is -0.315. The minimum Gasteiger partial charge on any atom is -0.508 e. The zero-order chi connectivity index (χ0) is 16.8. The molecule has 0 aromatic heterocycles. The van der Waals surface area contributed by atoms with Gasteiger partial charge < -0.3 is 15.5 Å². The Morgan fingerprint density at radius 1 is 0.870 bits per heavy atom. The van der Waals surface area contributed by atoms with Crippen molar-refractivity contribution in [3.05, 3.63) is 29.8 Å². The SMILES string of the molecule is O=C(O)CCCCCCCCCCCNCc1ccccc1O. The van der Waals surface area contributed by atoms with E-state index in [1.54, 1.807) is 6.07 Å². The fraction of sp³-hybridized carbons (Fsp3) is 0.632. The number of aromatic hydroxyl groups is 1. The fourth-order valence-electron chi connectivity index (χ4n) is 2.65. The van der Waals surface area contributed by atoms with Crippen molar-refractivity contribution in [2.24, 2.45) is 0 Å². The van der Waals surface area contributed by atoms with Gasteiger partial charge in [-0.25, -0.2) is 0 Å². The van der Waals surface area contributed by atoms with Gasteiger partial charge in [0.2, 0.25) is 0 Å². The Labute approximate surface area is 139 Å². The van der Waals surface area contributed by atoms with Crippen LogP contribution in [0, 0.1) is 0 Å². The lowest BCUT2D eigenvalue weighted by molar-refractivity contribution is -0.137. The van der Waals surface area contributed by atoms with Crippen LogP contribution in [0.3, 0.4) is 0 Å². The van der Waals surface area contributed by atoms with Crippen molar-refractivity contribution >= 4 is 5.97 Å². The largest absolute Gasteiger partial charge is 0.508 e. The predicted molar refractivity (Wildman–Crippen MR) is 93.6 cm³/mol. The van der Waals surface area contributed by atoms with Crippen LogP contribution in [-0.2, 0) is 11.3 Å². The van der Waals surface area contributed by atoms with Crippen molar-refractivity contribution in [3.63, 3.8) is 0 Å². The number of rotatable bonds is 14. The van der Waals surface area contributed by atoms with Gasteiger partial charge in [-0.05, 0) is 25.5 Å². The van der Waals surface area contributed by atoms with Gasteiger partial charge in [0.1, 0.15) is 5.75 Å². The van der Waals surface area contributed by atoms with Crippen LogP contribution in [-0.4, -0.2) is 22.7 Å². The van der Waals surface area contributed by atoms with E-state index in [1.807, 2.05) is 18.2 Å². The fourth-order valence-corrected chi connectivity index (χ4v) is 2.65. The molecule has 4 nitrogen and oxygen atoms in total. The molecular weight excluding hydrogens is 290 g/mol. The summed E-state index contributed by atoms with van der Waals surface area (Å²) in [5, 5.41) is 21.6. The second kappa shape index (κ2) is 12.9. The third-order valence-electron chi connectivity index (χ3n) is 4.05. The highest BCUT2D eigenvalue weighted by atomic mass is 16.4. The van der Waals surface area contributed by atoms with Gasteiger partial charge in [0.15, 0.2) is 0 Å². The van der Waals surface area contributed by atoms with Crippen LogP contribution >= 0.6 is 0 Å². The number of nitrogens with one attached hydrogen (secondary N) is 1. The summed E-state index contributed by atoms with van der Waals surface area (Å²) in [6.45, 7) is 1.71. The minimum atomic E-state index is -0.680. The molecule has 0 fully saturated rings. The van der Waals surface area contributed by atoms with Crippen LogP contribution < -0.4 is 5.32 Å². The van der Waals surface area contributed by atoms with Gasteiger partial charge in [-0.1, -0.05) is 63.1 Å². The first-order chi connectivity index (χ1) is 11.2. The van der Waals surface area contributed by atoms with Crippen LogP contribution in [0.5, 0.6) is 5.75 Å². The highest BCUT2D eigenvalue weighted by Gasteiger charge is 1.99. The lowest BCUT2D eigenvalue weighted by atomic mass is 10.1. The first-order valence-corrected chi connectivity index (χ1v) is 8.89. The molecule has 0 aliphatic heterocycles. The number of carboxylic acids is 1. The molecule has 0 atom stereocenters. The highest BCUT2D eigenvalue weighted by molar-refractivity contribution is 5.66. The summed E-state index contributed by atoms with van der Waals surface area (Å²) in [6, 6.07) is 7.45. The maximum Gasteiger partial charge on any atom is 0.303 e. The van der Waals surface area contributed by atoms with Crippen molar-refractivity contribution in [1.29, 1.82) is 0 Å². The van der Waals surface area contributed by atoms with E-state index in [-0.39, 0.29) is 0 Å². The Hall–Kier alpha value is -1.55. The molecule has 1 aromatic rings. The molecule has 0 spiro atoms. The van der Waals surface area contributed by atoms with Crippen molar-refractivity contribution in [1.82, 2.24) is 5.32 Å². The number of carboxylic acid groups (broad SMARTS) is 1. The molecular formula is C19H31NO3. The Balaban J connectivity index is 1.81. The molecule has 0 bridgehead atoms. The third-order valence-corrected chi connectivity index (χ3v) is 4.05. The van der Waals surface area contributed by atoms with E-state index in [0.717, 1.165) is 37.9 Å². The maximum absolute atomic E-state index is 10.4. The maximum atomic E-state index is 10.4. The van der Waals surface area contributed by atoms with Gasteiger partial charge in [-0.15, -0.1) is 0 Å². The number of aliphatic carboxylic acids is 1. The van der Waals surface area contributed by atoms with Gasteiger partial charge in [0.25, 0.3) is 0 Å². The van der Waals surface area contributed by atoms with E-state index in [9.17, 15) is 9.90 Å². The molecule has 0 radical (unpaired) electrons. The number of unbranched alkanes of at least 4 members (excludes halogenated alkanes) is 8. The second-order valence-corrected chi connectivity index (χ2v) is 6.13. The topological polar surface area (TPSA) is 69.6 Å². The summed E-state index contributed by atoms with van der Waals surface area (Å²) in [6.07, 6.45) is 10.8. The molecule has 0 aliphatic carbocycles. The Morgan fingerprint density at radius 3 is 2.04 bits per heavy atom. The molecule has 0 aliphatic rings. The molecule has 4 heteroatoms. The molecule has 3 N–H and O–H groups in total. The van der Waals surface area contributed by atoms with Gasteiger partial charge in [-0.2, -0.15) is 0 Å². The second-order valence-electron chi connectivity index (χ2n) is 6.13. The predicted octanol–water partition coefficient (Wildman–Crippen LogP) is 4.47.